The number of aromatic nitrogens is 2. The zero-order valence-corrected chi connectivity index (χ0v) is 17.8. The van der Waals surface area contributed by atoms with Crippen molar-refractivity contribution >= 4 is 38.3 Å². The Kier molecular flexibility index (Phi) is 5.41. The fraction of sp³-hybridized carbons (Fsp3) is 0.333. The van der Waals surface area contributed by atoms with Gasteiger partial charge in [-0.25, -0.2) is 14.4 Å². The van der Waals surface area contributed by atoms with E-state index >= 15 is 0 Å². The number of benzene rings is 2. The van der Waals surface area contributed by atoms with Gasteiger partial charge in [-0.05, 0) is 34.1 Å². The van der Waals surface area contributed by atoms with Gasteiger partial charge < -0.3 is 20.1 Å². The Morgan fingerprint density at radius 1 is 1.20 bits per heavy atom. The van der Waals surface area contributed by atoms with E-state index in [-0.39, 0.29) is 11.9 Å². The maximum atomic E-state index is 14.4. The molecule has 5 rings (SSSR count). The molecular formula is C21H21BrFN5O2. The molecule has 1 fully saturated rings. The summed E-state index contributed by atoms with van der Waals surface area (Å²) in [6.07, 6.45) is 1.40. The molecule has 0 spiro atoms. The quantitative estimate of drug-likeness (QED) is 0.601. The summed E-state index contributed by atoms with van der Waals surface area (Å²) in [6, 6.07) is 8.79. The molecule has 3 aromatic rings. The van der Waals surface area contributed by atoms with Gasteiger partial charge in [0, 0.05) is 44.2 Å². The zero-order chi connectivity index (χ0) is 20.5. The summed E-state index contributed by atoms with van der Waals surface area (Å²) in [7, 11) is 0. The molecule has 2 aliphatic rings. The Labute approximate surface area is 181 Å². The number of rotatable bonds is 4. The second-order valence-electron chi connectivity index (χ2n) is 7.37. The van der Waals surface area contributed by atoms with E-state index in [1.807, 2.05) is 12.1 Å². The van der Waals surface area contributed by atoms with Crippen LogP contribution in [0.25, 0.3) is 10.9 Å². The van der Waals surface area contributed by atoms with E-state index in [4.69, 9.17) is 9.47 Å². The van der Waals surface area contributed by atoms with E-state index in [1.165, 1.54) is 6.33 Å². The van der Waals surface area contributed by atoms with Crippen molar-refractivity contribution in [1.82, 2.24) is 20.2 Å². The summed E-state index contributed by atoms with van der Waals surface area (Å²) in [6.45, 7) is 5.32. The molecule has 1 aromatic heterocycles. The van der Waals surface area contributed by atoms with Gasteiger partial charge in [0.25, 0.3) is 0 Å². The predicted molar refractivity (Wildman–Crippen MR) is 116 cm³/mol. The fourth-order valence-corrected chi connectivity index (χ4v) is 4.13. The van der Waals surface area contributed by atoms with Crippen LogP contribution in [-0.2, 0) is 0 Å². The molecule has 30 heavy (non-hydrogen) atoms. The summed E-state index contributed by atoms with van der Waals surface area (Å²) >= 11 is 3.21. The van der Waals surface area contributed by atoms with Gasteiger partial charge in [0.15, 0.2) is 17.3 Å². The van der Waals surface area contributed by atoms with Crippen LogP contribution in [-0.4, -0.2) is 60.3 Å². The van der Waals surface area contributed by atoms with Crippen LogP contribution in [0.2, 0.25) is 0 Å². The van der Waals surface area contributed by atoms with Gasteiger partial charge in [0.1, 0.15) is 24.9 Å². The average molecular weight is 474 g/mol. The highest BCUT2D eigenvalue weighted by atomic mass is 79.9. The molecule has 0 amide bonds. The molecule has 0 unspecified atom stereocenters. The molecule has 1 saturated heterocycles. The summed E-state index contributed by atoms with van der Waals surface area (Å²) in [5.41, 5.74) is 1.03. The van der Waals surface area contributed by atoms with Gasteiger partial charge in [-0.15, -0.1) is 0 Å². The van der Waals surface area contributed by atoms with Crippen molar-refractivity contribution in [3.8, 4) is 11.5 Å². The van der Waals surface area contributed by atoms with E-state index < -0.39 is 0 Å². The number of anilines is 2. The van der Waals surface area contributed by atoms with E-state index in [0.717, 1.165) is 38.1 Å². The summed E-state index contributed by atoms with van der Waals surface area (Å²) in [5, 5.41) is 7.17. The first-order valence-electron chi connectivity index (χ1n) is 9.90. The highest BCUT2D eigenvalue weighted by Gasteiger charge is 2.25. The van der Waals surface area contributed by atoms with Crippen molar-refractivity contribution < 1.29 is 13.9 Å². The highest BCUT2D eigenvalue weighted by molar-refractivity contribution is 9.10. The molecule has 0 aliphatic carbocycles. The van der Waals surface area contributed by atoms with Gasteiger partial charge in [-0.2, -0.15) is 0 Å². The van der Waals surface area contributed by atoms with E-state index in [9.17, 15) is 4.39 Å². The molecule has 7 nitrogen and oxygen atoms in total. The highest BCUT2D eigenvalue weighted by Crippen LogP contribution is 2.38. The smallest absolute Gasteiger partial charge is 0.163 e. The number of hydrogen-bond donors (Lipinski definition) is 2. The number of hydrogen-bond acceptors (Lipinski definition) is 7. The first kappa shape index (κ1) is 19.5. The van der Waals surface area contributed by atoms with Crippen molar-refractivity contribution in [2.45, 2.75) is 6.10 Å². The maximum Gasteiger partial charge on any atom is 0.163 e. The number of nitrogens with zero attached hydrogens (tertiary/aromatic N) is 3. The molecule has 156 valence electrons. The lowest BCUT2D eigenvalue weighted by Crippen LogP contribution is -2.49. The molecule has 3 heterocycles. The number of ether oxygens (including phenoxy) is 2. The van der Waals surface area contributed by atoms with Crippen LogP contribution in [0.4, 0.5) is 15.9 Å². The standard InChI is InChI=1S/C21H21BrFN5O2/c22-15-2-1-3-16(20(15)23)27-21-14-8-19-18(9-17(14)25-12-26-21)29-11-13(30-19)10-28-6-4-24-5-7-28/h1-3,8-9,12-13,24H,4-7,10-11H2,(H,25,26,27)/t13-/m0/s1. The molecule has 2 aliphatic heterocycles. The predicted octanol–water partition coefficient (Wildman–Crippen LogP) is 3.32. The molecule has 0 radical (unpaired) electrons. The zero-order valence-electron chi connectivity index (χ0n) is 16.2. The third-order valence-corrected chi connectivity index (χ3v) is 5.91. The van der Waals surface area contributed by atoms with Crippen LogP contribution >= 0.6 is 15.9 Å². The van der Waals surface area contributed by atoms with Crippen LogP contribution in [0.3, 0.4) is 0 Å². The van der Waals surface area contributed by atoms with Crippen molar-refractivity contribution in [3.63, 3.8) is 0 Å². The summed E-state index contributed by atoms with van der Waals surface area (Å²) in [4.78, 5) is 11.0. The lowest BCUT2D eigenvalue weighted by molar-refractivity contribution is 0.0555. The largest absolute Gasteiger partial charge is 0.486 e. The molecule has 0 bridgehead atoms. The van der Waals surface area contributed by atoms with Gasteiger partial charge in [-0.3, -0.25) is 4.90 Å². The Morgan fingerprint density at radius 3 is 2.93 bits per heavy atom. The lowest BCUT2D eigenvalue weighted by atomic mass is 10.1. The van der Waals surface area contributed by atoms with Crippen LogP contribution in [0.5, 0.6) is 11.5 Å². The van der Waals surface area contributed by atoms with E-state index in [1.54, 1.807) is 18.2 Å². The van der Waals surface area contributed by atoms with Gasteiger partial charge in [-0.1, -0.05) is 6.07 Å². The van der Waals surface area contributed by atoms with Crippen LogP contribution < -0.4 is 20.1 Å². The maximum absolute atomic E-state index is 14.4. The molecule has 9 heteroatoms. The number of halogens is 2. The normalized spacial score (nSPS) is 19.1. The van der Waals surface area contributed by atoms with E-state index in [0.29, 0.717) is 39.6 Å². The second-order valence-corrected chi connectivity index (χ2v) is 8.22. The minimum atomic E-state index is -0.377. The third kappa shape index (κ3) is 3.92. The molecular weight excluding hydrogens is 453 g/mol. The van der Waals surface area contributed by atoms with Crippen LogP contribution in [0, 0.1) is 5.82 Å². The van der Waals surface area contributed by atoms with E-state index in [2.05, 4.69) is 41.4 Å². The third-order valence-electron chi connectivity index (χ3n) is 5.30. The van der Waals surface area contributed by atoms with Crippen molar-refractivity contribution in [2.24, 2.45) is 0 Å². The fourth-order valence-electron chi connectivity index (χ4n) is 3.76. The first-order chi connectivity index (χ1) is 14.7. The monoisotopic (exact) mass is 473 g/mol. The summed E-state index contributed by atoms with van der Waals surface area (Å²) in [5.74, 6) is 1.45. The lowest BCUT2D eigenvalue weighted by Gasteiger charge is -2.33. The topological polar surface area (TPSA) is 71.5 Å². The van der Waals surface area contributed by atoms with Crippen LogP contribution in [0.15, 0.2) is 41.1 Å². The number of piperazine rings is 1. The van der Waals surface area contributed by atoms with Crippen LogP contribution in [0.1, 0.15) is 0 Å². The Morgan fingerprint density at radius 2 is 2.07 bits per heavy atom. The summed E-state index contributed by atoms with van der Waals surface area (Å²) < 4.78 is 27.0. The SMILES string of the molecule is Fc1c(Br)cccc1Nc1ncnc2cc3c(cc12)O[C@@H](CN1CCNCC1)CO3. The van der Waals surface area contributed by atoms with Gasteiger partial charge >= 0.3 is 0 Å². The number of fused-ring (bicyclic) bond motifs is 2. The number of nitrogens with one attached hydrogen (secondary N) is 2. The Hall–Kier alpha value is -2.49. The minimum Gasteiger partial charge on any atom is -0.486 e. The Balaban J connectivity index is 1.42. The second kappa shape index (κ2) is 8.33. The van der Waals surface area contributed by atoms with Crippen molar-refractivity contribution in [2.75, 3.05) is 44.6 Å². The van der Waals surface area contributed by atoms with Crippen molar-refractivity contribution in [3.05, 3.63) is 46.9 Å². The van der Waals surface area contributed by atoms with Gasteiger partial charge in [0.2, 0.25) is 0 Å². The first-order valence-corrected chi connectivity index (χ1v) is 10.7. The molecule has 0 saturated carbocycles. The molecule has 2 N–H and O–H groups in total. The average Bonchev–Trinajstić information content (AvgIpc) is 2.76. The molecule has 2 aromatic carbocycles. The molecule has 1 atom stereocenters. The Bertz CT molecular complexity index is 1080. The van der Waals surface area contributed by atoms with Gasteiger partial charge in [0.05, 0.1) is 15.7 Å². The minimum absolute atomic E-state index is 0.0448. The van der Waals surface area contributed by atoms with Crippen molar-refractivity contribution in [1.29, 1.82) is 0 Å².